The highest BCUT2D eigenvalue weighted by atomic mass is 32.2. The normalized spacial score (nSPS) is 12.0. The second-order valence-corrected chi connectivity index (χ2v) is 9.88. The van der Waals surface area contributed by atoms with Crippen LogP contribution < -0.4 is 10.6 Å². The number of nitrogens with two attached hydrogens (primary N) is 1. The van der Waals surface area contributed by atoms with Crippen LogP contribution in [0.1, 0.15) is 42.9 Å². The number of carbonyl (C=O) groups excluding carboxylic acids is 1. The highest BCUT2D eigenvalue weighted by Gasteiger charge is 2.28. The largest absolute Gasteiger partial charge is 0.383 e. The lowest BCUT2D eigenvalue weighted by Gasteiger charge is -2.31. The van der Waals surface area contributed by atoms with Gasteiger partial charge < -0.3 is 5.73 Å². The number of rotatable bonds is 5. The SMILES string of the molecule is CC(C)c1c(C#N)c(N)nc(SCCC(=O)N2c3ccccc3Sc3ccccc32)c1C#N. The second kappa shape index (κ2) is 9.58. The molecule has 33 heavy (non-hydrogen) atoms. The molecule has 0 unspecified atom stereocenters. The molecule has 0 aliphatic carbocycles. The summed E-state index contributed by atoms with van der Waals surface area (Å²) >= 11 is 2.97. The van der Waals surface area contributed by atoms with Crippen molar-refractivity contribution in [3.63, 3.8) is 0 Å². The number of carbonyl (C=O) groups is 1. The summed E-state index contributed by atoms with van der Waals surface area (Å²) in [6.07, 6.45) is 0.251. The molecule has 8 heteroatoms. The van der Waals surface area contributed by atoms with Crippen LogP contribution in [0.2, 0.25) is 0 Å². The maximum Gasteiger partial charge on any atom is 0.232 e. The van der Waals surface area contributed by atoms with Gasteiger partial charge in [-0.2, -0.15) is 10.5 Å². The summed E-state index contributed by atoms with van der Waals surface area (Å²) < 4.78 is 0. The summed E-state index contributed by atoms with van der Waals surface area (Å²) in [5.74, 6) is 0.452. The molecule has 0 fully saturated rings. The van der Waals surface area contributed by atoms with E-state index in [0.717, 1.165) is 21.2 Å². The Morgan fingerprint density at radius 1 is 1.06 bits per heavy atom. The van der Waals surface area contributed by atoms with Gasteiger partial charge in [0.25, 0.3) is 0 Å². The number of nitrogen functional groups attached to an aromatic ring is 1. The average Bonchev–Trinajstić information content (AvgIpc) is 2.81. The number of pyridine rings is 1. The van der Waals surface area contributed by atoms with Gasteiger partial charge in [-0.05, 0) is 35.7 Å². The molecular weight excluding hydrogens is 450 g/mol. The third-order valence-electron chi connectivity index (χ3n) is 5.27. The first-order chi connectivity index (χ1) is 16.0. The van der Waals surface area contributed by atoms with E-state index in [2.05, 4.69) is 17.1 Å². The van der Waals surface area contributed by atoms with Gasteiger partial charge in [0, 0.05) is 22.0 Å². The minimum Gasteiger partial charge on any atom is -0.383 e. The fourth-order valence-electron chi connectivity index (χ4n) is 3.83. The molecule has 1 aliphatic rings. The van der Waals surface area contributed by atoms with Crippen molar-refractivity contribution in [1.82, 2.24) is 4.98 Å². The number of anilines is 3. The Morgan fingerprint density at radius 2 is 1.64 bits per heavy atom. The maximum absolute atomic E-state index is 13.4. The van der Waals surface area contributed by atoms with Crippen molar-refractivity contribution in [3.8, 4) is 12.1 Å². The number of thioether (sulfide) groups is 1. The second-order valence-electron chi connectivity index (χ2n) is 7.71. The van der Waals surface area contributed by atoms with Crippen LogP contribution in [0.25, 0.3) is 0 Å². The van der Waals surface area contributed by atoms with Crippen molar-refractivity contribution in [2.75, 3.05) is 16.4 Å². The lowest BCUT2D eigenvalue weighted by Crippen LogP contribution is -2.28. The van der Waals surface area contributed by atoms with Crippen LogP contribution in [0.5, 0.6) is 0 Å². The molecule has 1 amide bonds. The van der Waals surface area contributed by atoms with Gasteiger partial charge in [0.15, 0.2) is 0 Å². The Labute approximate surface area is 201 Å². The van der Waals surface area contributed by atoms with Gasteiger partial charge in [-0.1, -0.05) is 49.9 Å². The molecule has 1 aromatic heterocycles. The van der Waals surface area contributed by atoms with Gasteiger partial charge in [-0.3, -0.25) is 9.69 Å². The number of amides is 1. The molecule has 0 bridgehead atoms. The molecule has 0 saturated carbocycles. The zero-order chi connectivity index (χ0) is 23.5. The van der Waals surface area contributed by atoms with E-state index in [0.29, 0.717) is 21.9 Å². The molecule has 0 radical (unpaired) electrons. The van der Waals surface area contributed by atoms with Gasteiger partial charge in [-0.15, -0.1) is 11.8 Å². The Balaban J connectivity index is 1.59. The van der Waals surface area contributed by atoms with E-state index < -0.39 is 0 Å². The standard InChI is InChI=1S/C25H21N5OS2/c1-15(2)23-16(13-26)24(28)29-25(17(23)14-27)32-12-11-22(31)30-18-7-3-5-9-20(18)33-21-10-6-4-8-19(21)30/h3-10,15H,11-12H2,1-2H3,(H2,28,29). The van der Waals surface area contributed by atoms with Crippen molar-refractivity contribution in [3.05, 3.63) is 65.2 Å². The zero-order valence-corrected chi connectivity index (χ0v) is 19.8. The van der Waals surface area contributed by atoms with Crippen LogP contribution in [0.3, 0.4) is 0 Å². The molecule has 2 N–H and O–H groups in total. The fourth-order valence-corrected chi connectivity index (χ4v) is 5.82. The van der Waals surface area contributed by atoms with E-state index in [1.54, 1.807) is 16.7 Å². The van der Waals surface area contributed by atoms with Crippen LogP contribution in [0.15, 0.2) is 63.3 Å². The first-order valence-corrected chi connectivity index (χ1v) is 12.2. The number of nitriles is 2. The summed E-state index contributed by atoms with van der Waals surface area (Å²) in [5.41, 5.74) is 8.98. The topological polar surface area (TPSA) is 107 Å². The van der Waals surface area contributed by atoms with E-state index in [1.165, 1.54) is 11.8 Å². The van der Waals surface area contributed by atoms with Crippen LogP contribution >= 0.6 is 23.5 Å². The summed E-state index contributed by atoms with van der Waals surface area (Å²) in [6.45, 7) is 3.83. The van der Waals surface area contributed by atoms with Gasteiger partial charge in [0.1, 0.15) is 23.0 Å². The Morgan fingerprint density at radius 3 is 2.18 bits per heavy atom. The molecule has 164 valence electrons. The first kappa shape index (κ1) is 22.7. The Bertz CT molecular complexity index is 1280. The summed E-state index contributed by atoms with van der Waals surface area (Å²) in [4.78, 5) is 21.5. The van der Waals surface area contributed by atoms with Crippen molar-refractivity contribution >= 4 is 46.6 Å². The number of hydrogen-bond acceptors (Lipinski definition) is 7. The number of fused-ring (bicyclic) bond motifs is 2. The van der Waals surface area contributed by atoms with E-state index in [9.17, 15) is 15.3 Å². The van der Waals surface area contributed by atoms with Gasteiger partial charge >= 0.3 is 0 Å². The number of para-hydroxylation sites is 2. The number of hydrogen-bond donors (Lipinski definition) is 1. The number of aromatic nitrogens is 1. The maximum atomic E-state index is 13.4. The molecule has 4 rings (SSSR count). The summed E-state index contributed by atoms with van der Waals surface area (Å²) in [6, 6.07) is 20.0. The highest BCUT2D eigenvalue weighted by Crippen LogP contribution is 2.48. The molecule has 3 aromatic rings. The fraction of sp³-hybridized carbons (Fsp3) is 0.200. The molecule has 6 nitrogen and oxygen atoms in total. The van der Waals surface area contributed by atoms with Gasteiger partial charge in [-0.25, -0.2) is 4.98 Å². The van der Waals surface area contributed by atoms with Gasteiger partial charge in [0.05, 0.1) is 22.5 Å². The van der Waals surface area contributed by atoms with E-state index in [4.69, 9.17) is 5.73 Å². The lowest BCUT2D eigenvalue weighted by atomic mass is 9.94. The number of nitrogens with zero attached hydrogens (tertiary/aromatic N) is 4. The molecule has 1 aliphatic heterocycles. The van der Waals surface area contributed by atoms with Crippen LogP contribution in [-0.4, -0.2) is 16.6 Å². The smallest absolute Gasteiger partial charge is 0.232 e. The molecule has 0 atom stereocenters. The predicted molar refractivity (Wildman–Crippen MR) is 132 cm³/mol. The molecule has 2 aromatic carbocycles. The van der Waals surface area contributed by atoms with Crippen molar-refractivity contribution < 1.29 is 4.79 Å². The lowest BCUT2D eigenvalue weighted by molar-refractivity contribution is -0.117. The van der Waals surface area contributed by atoms with E-state index >= 15 is 0 Å². The molecule has 0 saturated heterocycles. The first-order valence-electron chi connectivity index (χ1n) is 10.4. The zero-order valence-electron chi connectivity index (χ0n) is 18.2. The monoisotopic (exact) mass is 471 g/mol. The molecular formula is C25H21N5OS2. The predicted octanol–water partition coefficient (Wildman–Crippen LogP) is 5.84. The average molecular weight is 472 g/mol. The Kier molecular flexibility index (Phi) is 6.60. The van der Waals surface area contributed by atoms with Crippen LogP contribution in [-0.2, 0) is 4.79 Å². The summed E-state index contributed by atoms with van der Waals surface area (Å²) in [5, 5.41) is 19.7. The number of benzene rings is 2. The highest BCUT2D eigenvalue weighted by molar-refractivity contribution is 7.99. The third-order valence-corrected chi connectivity index (χ3v) is 7.38. The quantitative estimate of drug-likeness (QED) is 0.466. The summed E-state index contributed by atoms with van der Waals surface area (Å²) in [7, 11) is 0. The van der Waals surface area contributed by atoms with Crippen molar-refractivity contribution in [2.45, 2.75) is 41.0 Å². The molecule has 0 spiro atoms. The minimum atomic E-state index is -0.0561. The van der Waals surface area contributed by atoms with Crippen LogP contribution in [0.4, 0.5) is 17.2 Å². The van der Waals surface area contributed by atoms with Crippen molar-refractivity contribution in [2.24, 2.45) is 0 Å². The third kappa shape index (κ3) is 4.28. The van der Waals surface area contributed by atoms with E-state index in [1.807, 2.05) is 62.4 Å². The minimum absolute atomic E-state index is 0.0353. The van der Waals surface area contributed by atoms with Crippen LogP contribution in [0, 0.1) is 22.7 Å². The van der Waals surface area contributed by atoms with Crippen molar-refractivity contribution in [1.29, 1.82) is 10.5 Å². The Hall–Kier alpha value is -3.46. The van der Waals surface area contributed by atoms with E-state index in [-0.39, 0.29) is 29.6 Å². The van der Waals surface area contributed by atoms with Gasteiger partial charge in [0.2, 0.25) is 5.91 Å². The molecule has 2 heterocycles.